The third kappa shape index (κ3) is 2.91. The zero-order valence-corrected chi connectivity index (χ0v) is 13.6. The first kappa shape index (κ1) is 14.6. The zero-order chi connectivity index (χ0) is 16.4. The Balaban J connectivity index is 1.72. The second kappa shape index (κ2) is 6.24. The van der Waals surface area contributed by atoms with Crippen LogP contribution in [-0.4, -0.2) is 19.6 Å². The minimum atomic E-state index is 0.888. The van der Waals surface area contributed by atoms with Gasteiger partial charge in [0.15, 0.2) is 5.65 Å². The average Bonchev–Trinajstić information content (AvgIpc) is 3.09. The number of hydrogen-bond donors (Lipinski definition) is 0. The minimum Gasteiger partial charge on any atom is -0.265 e. The molecule has 3 aromatic heterocycles. The fraction of sp³-hybridized carbons (Fsp3) is 0.150. The first-order chi connectivity index (χ1) is 11.8. The van der Waals surface area contributed by atoms with Crippen molar-refractivity contribution in [2.75, 3.05) is 0 Å². The first-order valence-corrected chi connectivity index (χ1v) is 8.09. The topological polar surface area (TPSA) is 43.1 Å². The molecule has 0 aliphatic rings. The fourth-order valence-electron chi connectivity index (χ4n) is 2.93. The summed E-state index contributed by atoms with van der Waals surface area (Å²) in [6, 6.07) is 16.7. The maximum atomic E-state index is 4.75. The molecule has 0 saturated heterocycles. The summed E-state index contributed by atoms with van der Waals surface area (Å²) in [7, 11) is 0. The van der Waals surface area contributed by atoms with Gasteiger partial charge < -0.3 is 0 Å². The molecule has 0 bridgehead atoms. The van der Waals surface area contributed by atoms with E-state index in [0.29, 0.717) is 0 Å². The molecule has 4 heteroatoms. The highest BCUT2D eigenvalue weighted by Gasteiger charge is 2.09. The summed E-state index contributed by atoms with van der Waals surface area (Å²) in [6.07, 6.45) is 7.34. The monoisotopic (exact) mass is 314 g/mol. The molecule has 0 unspecified atom stereocenters. The van der Waals surface area contributed by atoms with Crippen molar-refractivity contribution in [1.29, 1.82) is 0 Å². The molecule has 0 aliphatic heterocycles. The Morgan fingerprint density at radius 3 is 2.62 bits per heavy atom. The van der Waals surface area contributed by atoms with Crippen LogP contribution in [0, 0.1) is 6.92 Å². The molecule has 4 aromatic rings. The average molecular weight is 314 g/mol. The Hall–Kier alpha value is -3.01. The van der Waals surface area contributed by atoms with Gasteiger partial charge in [-0.25, -0.2) is 9.50 Å². The summed E-state index contributed by atoms with van der Waals surface area (Å²) in [5.74, 6) is 0. The second-order valence-corrected chi connectivity index (χ2v) is 5.96. The molecule has 118 valence electrons. The van der Waals surface area contributed by atoms with Crippen molar-refractivity contribution in [2.45, 2.75) is 19.8 Å². The Morgan fingerprint density at radius 1 is 0.917 bits per heavy atom. The van der Waals surface area contributed by atoms with Crippen LogP contribution in [0.1, 0.15) is 16.8 Å². The Morgan fingerprint density at radius 2 is 1.79 bits per heavy atom. The standard InChI is InChI=1S/C20H18N4/c1-15-3-2-4-17(13-15)19-14-18(24-20(23-19)9-12-22-24)6-5-16-7-10-21-11-8-16/h2-4,7-14H,5-6H2,1H3. The van der Waals surface area contributed by atoms with Crippen molar-refractivity contribution in [3.63, 3.8) is 0 Å². The van der Waals surface area contributed by atoms with Crippen LogP contribution in [0.4, 0.5) is 0 Å². The van der Waals surface area contributed by atoms with E-state index >= 15 is 0 Å². The van der Waals surface area contributed by atoms with Crippen molar-refractivity contribution in [3.05, 3.63) is 83.9 Å². The van der Waals surface area contributed by atoms with Gasteiger partial charge in [-0.3, -0.25) is 4.98 Å². The van der Waals surface area contributed by atoms with Crippen LogP contribution in [0.2, 0.25) is 0 Å². The lowest BCUT2D eigenvalue weighted by Gasteiger charge is -2.09. The van der Waals surface area contributed by atoms with Crippen molar-refractivity contribution in [3.8, 4) is 11.3 Å². The maximum absolute atomic E-state index is 4.75. The number of fused-ring (bicyclic) bond motifs is 1. The highest BCUT2D eigenvalue weighted by atomic mass is 15.2. The van der Waals surface area contributed by atoms with Crippen LogP contribution >= 0.6 is 0 Å². The predicted octanol–water partition coefficient (Wildman–Crippen LogP) is 3.88. The predicted molar refractivity (Wildman–Crippen MR) is 94.8 cm³/mol. The van der Waals surface area contributed by atoms with Gasteiger partial charge in [0.1, 0.15) is 0 Å². The maximum Gasteiger partial charge on any atom is 0.155 e. The SMILES string of the molecule is Cc1cccc(-c2cc(CCc3ccncc3)n3nccc3n2)c1. The smallest absolute Gasteiger partial charge is 0.155 e. The van der Waals surface area contributed by atoms with E-state index in [1.54, 1.807) is 6.20 Å². The lowest BCUT2D eigenvalue weighted by molar-refractivity contribution is 0.811. The van der Waals surface area contributed by atoms with Gasteiger partial charge in [-0.1, -0.05) is 23.8 Å². The molecule has 0 fully saturated rings. The molecule has 0 spiro atoms. The van der Waals surface area contributed by atoms with Crippen molar-refractivity contribution in [2.24, 2.45) is 0 Å². The van der Waals surface area contributed by atoms with E-state index in [-0.39, 0.29) is 0 Å². The molecule has 0 amide bonds. The zero-order valence-electron chi connectivity index (χ0n) is 13.6. The molecule has 0 aliphatic carbocycles. The fourth-order valence-corrected chi connectivity index (χ4v) is 2.93. The molecule has 0 N–H and O–H groups in total. The van der Waals surface area contributed by atoms with Gasteiger partial charge in [0.2, 0.25) is 0 Å². The van der Waals surface area contributed by atoms with Gasteiger partial charge in [0, 0.05) is 29.7 Å². The summed E-state index contributed by atoms with van der Waals surface area (Å²) in [5.41, 5.74) is 6.71. The third-order valence-corrected chi connectivity index (χ3v) is 4.17. The lowest BCUT2D eigenvalue weighted by Crippen LogP contribution is -2.03. The Labute approximate surface area is 140 Å². The highest BCUT2D eigenvalue weighted by Crippen LogP contribution is 2.21. The van der Waals surface area contributed by atoms with Crippen molar-refractivity contribution >= 4 is 5.65 Å². The molecular weight excluding hydrogens is 296 g/mol. The third-order valence-electron chi connectivity index (χ3n) is 4.17. The first-order valence-electron chi connectivity index (χ1n) is 8.09. The number of aromatic nitrogens is 4. The number of pyridine rings is 1. The second-order valence-electron chi connectivity index (χ2n) is 5.96. The quantitative estimate of drug-likeness (QED) is 0.574. The van der Waals surface area contributed by atoms with Crippen LogP contribution in [0.15, 0.2) is 67.1 Å². The largest absolute Gasteiger partial charge is 0.265 e. The summed E-state index contributed by atoms with van der Waals surface area (Å²) < 4.78 is 1.93. The van der Waals surface area contributed by atoms with Gasteiger partial charge in [-0.15, -0.1) is 0 Å². The molecule has 24 heavy (non-hydrogen) atoms. The molecule has 0 radical (unpaired) electrons. The van der Waals surface area contributed by atoms with E-state index in [1.165, 1.54) is 16.8 Å². The number of rotatable bonds is 4. The van der Waals surface area contributed by atoms with Crippen LogP contribution in [0.3, 0.4) is 0 Å². The summed E-state index contributed by atoms with van der Waals surface area (Å²) >= 11 is 0. The number of nitrogens with zero attached hydrogens (tertiary/aromatic N) is 4. The van der Waals surface area contributed by atoms with Gasteiger partial charge in [-0.05, 0) is 49.6 Å². The normalized spacial score (nSPS) is 11.0. The Kier molecular flexibility index (Phi) is 3.79. The van der Waals surface area contributed by atoms with E-state index in [9.17, 15) is 0 Å². The van der Waals surface area contributed by atoms with Crippen molar-refractivity contribution < 1.29 is 0 Å². The van der Waals surface area contributed by atoms with E-state index in [2.05, 4.69) is 59.5 Å². The van der Waals surface area contributed by atoms with Crippen molar-refractivity contribution in [1.82, 2.24) is 19.6 Å². The van der Waals surface area contributed by atoms with E-state index in [4.69, 9.17) is 4.98 Å². The molecule has 3 heterocycles. The van der Waals surface area contributed by atoms with E-state index in [0.717, 1.165) is 29.7 Å². The van der Waals surface area contributed by atoms with Gasteiger partial charge in [0.25, 0.3) is 0 Å². The van der Waals surface area contributed by atoms with Gasteiger partial charge >= 0.3 is 0 Å². The molecular formula is C20H18N4. The summed E-state index contributed by atoms with van der Waals surface area (Å²) in [5, 5.41) is 4.43. The van der Waals surface area contributed by atoms with Crippen LogP contribution < -0.4 is 0 Å². The van der Waals surface area contributed by atoms with Crippen LogP contribution in [0.5, 0.6) is 0 Å². The van der Waals surface area contributed by atoms with Crippen LogP contribution in [0.25, 0.3) is 16.9 Å². The molecule has 1 aromatic carbocycles. The van der Waals surface area contributed by atoms with Crippen LogP contribution in [-0.2, 0) is 12.8 Å². The summed E-state index contributed by atoms with van der Waals surface area (Å²) in [6.45, 7) is 2.10. The number of benzene rings is 1. The summed E-state index contributed by atoms with van der Waals surface area (Å²) in [4.78, 5) is 8.83. The number of hydrogen-bond acceptors (Lipinski definition) is 3. The van der Waals surface area contributed by atoms with Gasteiger partial charge in [-0.2, -0.15) is 5.10 Å². The van der Waals surface area contributed by atoms with E-state index < -0.39 is 0 Å². The highest BCUT2D eigenvalue weighted by molar-refractivity contribution is 5.63. The molecule has 0 atom stereocenters. The molecule has 4 nitrogen and oxygen atoms in total. The van der Waals surface area contributed by atoms with E-state index in [1.807, 2.05) is 23.0 Å². The molecule has 0 saturated carbocycles. The van der Waals surface area contributed by atoms with Gasteiger partial charge in [0.05, 0.1) is 11.9 Å². The molecule has 4 rings (SSSR count). The lowest BCUT2D eigenvalue weighted by atomic mass is 10.1. The minimum absolute atomic E-state index is 0.888. The number of aryl methyl sites for hydroxylation is 3. The Bertz CT molecular complexity index is 973.